The molecule has 0 bridgehead atoms. The summed E-state index contributed by atoms with van der Waals surface area (Å²) < 4.78 is 15.6. The monoisotopic (exact) mass is 300 g/mol. The van der Waals surface area contributed by atoms with Gasteiger partial charge in [-0.3, -0.25) is 0 Å². The maximum absolute atomic E-state index is 13.6. The van der Waals surface area contributed by atoms with Crippen molar-refractivity contribution in [3.05, 3.63) is 28.8 Å². The highest BCUT2D eigenvalue weighted by Crippen LogP contribution is 2.31. The molecule has 1 saturated carbocycles. The molecule has 1 aliphatic rings. The fourth-order valence-corrected chi connectivity index (χ4v) is 2.98. The van der Waals surface area contributed by atoms with E-state index in [1.54, 1.807) is 6.07 Å². The van der Waals surface area contributed by atoms with Gasteiger partial charge < -0.3 is 4.57 Å². The van der Waals surface area contributed by atoms with E-state index in [-0.39, 0.29) is 5.02 Å². The van der Waals surface area contributed by atoms with Crippen molar-refractivity contribution in [1.29, 1.82) is 0 Å². The van der Waals surface area contributed by atoms with E-state index < -0.39 is 5.82 Å². The summed E-state index contributed by atoms with van der Waals surface area (Å²) in [5.41, 5.74) is 1.51. The van der Waals surface area contributed by atoms with Crippen LogP contribution >= 0.6 is 23.2 Å². The Balaban J connectivity index is 1.96. The third-order valence-corrected chi connectivity index (χ3v) is 4.50. The quantitative estimate of drug-likeness (QED) is 0.745. The lowest BCUT2D eigenvalue weighted by Crippen LogP contribution is -2.14. The maximum atomic E-state index is 13.6. The first-order valence-corrected chi connectivity index (χ1v) is 7.50. The minimum Gasteiger partial charge on any atom is -0.327 e. The van der Waals surface area contributed by atoms with Gasteiger partial charge in [0.25, 0.3) is 0 Å². The molecule has 1 aliphatic carbocycles. The van der Waals surface area contributed by atoms with Gasteiger partial charge in [0.1, 0.15) is 11.6 Å². The molecule has 19 heavy (non-hydrogen) atoms. The van der Waals surface area contributed by atoms with Crippen LogP contribution in [-0.2, 0) is 12.4 Å². The highest BCUT2D eigenvalue weighted by Gasteiger charge is 2.19. The van der Waals surface area contributed by atoms with E-state index in [0.717, 1.165) is 35.7 Å². The molecule has 0 radical (unpaired) electrons. The van der Waals surface area contributed by atoms with Crippen molar-refractivity contribution in [2.45, 2.75) is 38.1 Å². The lowest BCUT2D eigenvalue weighted by atomic mass is 9.83. The highest BCUT2D eigenvalue weighted by molar-refractivity contribution is 6.31. The molecule has 102 valence electrons. The van der Waals surface area contributed by atoms with Crippen LogP contribution in [0.1, 0.15) is 31.5 Å². The largest absolute Gasteiger partial charge is 0.327 e. The average molecular weight is 301 g/mol. The maximum Gasteiger partial charge on any atom is 0.144 e. The summed E-state index contributed by atoms with van der Waals surface area (Å²) >= 11 is 11.7. The van der Waals surface area contributed by atoms with Crippen molar-refractivity contribution in [1.82, 2.24) is 9.55 Å². The Bertz CT molecular complexity index is 605. The second kappa shape index (κ2) is 5.29. The SMILES string of the molecule is Fc1cc2c(cc1Cl)nc(CCl)n2CCC1CCC1. The molecular weight excluding hydrogens is 286 g/mol. The van der Waals surface area contributed by atoms with Crippen LogP contribution in [-0.4, -0.2) is 9.55 Å². The minimum absolute atomic E-state index is 0.109. The molecule has 3 rings (SSSR count). The Morgan fingerprint density at radius 3 is 2.79 bits per heavy atom. The van der Waals surface area contributed by atoms with Gasteiger partial charge in [-0.05, 0) is 18.4 Å². The van der Waals surface area contributed by atoms with Gasteiger partial charge in [-0.25, -0.2) is 9.37 Å². The van der Waals surface area contributed by atoms with Gasteiger partial charge in [-0.15, -0.1) is 11.6 Å². The van der Waals surface area contributed by atoms with Crippen molar-refractivity contribution in [3.63, 3.8) is 0 Å². The lowest BCUT2D eigenvalue weighted by Gasteiger charge is -2.25. The molecule has 1 aromatic carbocycles. The first-order valence-electron chi connectivity index (χ1n) is 6.59. The van der Waals surface area contributed by atoms with Crippen molar-refractivity contribution < 1.29 is 4.39 Å². The number of benzene rings is 1. The van der Waals surface area contributed by atoms with E-state index in [0.29, 0.717) is 5.88 Å². The number of rotatable bonds is 4. The fourth-order valence-electron chi connectivity index (χ4n) is 2.61. The fraction of sp³-hybridized carbons (Fsp3) is 0.500. The average Bonchev–Trinajstić information content (AvgIpc) is 2.66. The Hall–Kier alpha value is -0.800. The molecule has 5 heteroatoms. The van der Waals surface area contributed by atoms with E-state index in [1.807, 2.05) is 4.57 Å². The van der Waals surface area contributed by atoms with E-state index in [4.69, 9.17) is 23.2 Å². The zero-order chi connectivity index (χ0) is 13.4. The molecule has 0 amide bonds. The minimum atomic E-state index is -0.403. The van der Waals surface area contributed by atoms with Crippen molar-refractivity contribution >= 4 is 34.2 Å². The number of hydrogen-bond donors (Lipinski definition) is 0. The molecule has 0 spiro atoms. The molecular formula is C14H15Cl2FN2. The summed E-state index contributed by atoms with van der Waals surface area (Å²) in [7, 11) is 0. The van der Waals surface area contributed by atoms with Crippen LogP contribution < -0.4 is 0 Å². The molecule has 0 unspecified atom stereocenters. The van der Waals surface area contributed by atoms with E-state index >= 15 is 0 Å². The van der Waals surface area contributed by atoms with E-state index in [9.17, 15) is 4.39 Å². The number of fused-ring (bicyclic) bond motifs is 1. The van der Waals surface area contributed by atoms with Crippen LogP contribution in [0.25, 0.3) is 11.0 Å². The van der Waals surface area contributed by atoms with Gasteiger partial charge in [0.15, 0.2) is 0 Å². The number of nitrogens with zero attached hydrogens (tertiary/aromatic N) is 2. The summed E-state index contributed by atoms with van der Waals surface area (Å²) in [5.74, 6) is 1.52. The van der Waals surface area contributed by atoms with Crippen LogP contribution in [0.4, 0.5) is 4.39 Å². The van der Waals surface area contributed by atoms with Crippen LogP contribution in [0.3, 0.4) is 0 Å². The molecule has 1 fully saturated rings. The number of aryl methyl sites for hydroxylation is 1. The van der Waals surface area contributed by atoms with Crippen LogP contribution in [0, 0.1) is 11.7 Å². The van der Waals surface area contributed by atoms with E-state index in [1.165, 1.54) is 25.3 Å². The van der Waals surface area contributed by atoms with Gasteiger partial charge in [0, 0.05) is 12.6 Å². The van der Waals surface area contributed by atoms with Crippen molar-refractivity contribution in [2.24, 2.45) is 5.92 Å². The van der Waals surface area contributed by atoms with Gasteiger partial charge in [-0.1, -0.05) is 30.9 Å². The summed E-state index contributed by atoms with van der Waals surface area (Å²) in [6.45, 7) is 0.851. The van der Waals surface area contributed by atoms with Gasteiger partial charge in [-0.2, -0.15) is 0 Å². The van der Waals surface area contributed by atoms with Gasteiger partial charge in [0.2, 0.25) is 0 Å². The third-order valence-electron chi connectivity index (χ3n) is 3.97. The Kier molecular flexibility index (Phi) is 3.68. The Morgan fingerprint density at radius 2 is 2.16 bits per heavy atom. The number of halogens is 3. The number of imidazole rings is 1. The second-order valence-corrected chi connectivity index (χ2v) is 5.83. The van der Waals surface area contributed by atoms with Crippen molar-refractivity contribution in [2.75, 3.05) is 0 Å². The Labute approximate surface area is 121 Å². The molecule has 0 atom stereocenters. The highest BCUT2D eigenvalue weighted by atomic mass is 35.5. The van der Waals surface area contributed by atoms with E-state index in [2.05, 4.69) is 4.98 Å². The van der Waals surface area contributed by atoms with Crippen LogP contribution in [0.15, 0.2) is 12.1 Å². The summed E-state index contributed by atoms with van der Waals surface area (Å²) in [6, 6.07) is 3.03. The van der Waals surface area contributed by atoms with Crippen molar-refractivity contribution in [3.8, 4) is 0 Å². The third kappa shape index (κ3) is 2.46. The topological polar surface area (TPSA) is 17.8 Å². The zero-order valence-electron chi connectivity index (χ0n) is 10.5. The van der Waals surface area contributed by atoms with Gasteiger partial charge in [0.05, 0.1) is 21.9 Å². The first kappa shape index (κ1) is 13.2. The van der Waals surface area contributed by atoms with Crippen LogP contribution in [0.2, 0.25) is 5.02 Å². The summed E-state index contributed by atoms with van der Waals surface area (Å²) in [4.78, 5) is 4.43. The molecule has 2 aromatic rings. The first-order chi connectivity index (χ1) is 9.19. The molecule has 0 aliphatic heterocycles. The second-order valence-electron chi connectivity index (χ2n) is 5.15. The summed E-state index contributed by atoms with van der Waals surface area (Å²) in [6.07, 6.45) is 5.06. The molecule has 0 saturated heterocycles. The smallest absolute Gasteiger partial charge is 0.144 e. The van der Waals surface area contributed by atoms with Crippen LogP contribution in [0.5, 0.6) is 0 Å². The predicted octanol–water partition coefficient (Wildman–Crippen LogP) is 4.76. The molecule has 1 heterocycles. The predicted molar refractivity (Wildman–Crippen MR) is 76.2 cm³/mol. The standard InChI is InChI=1S/C14H15Cl2FN2/c15-8-14-18-12-6-10(16)11(17)7-13(12)19(14)5-4-9-2-1-3-9/h6-7,9H,1-5,8H2. The molecule has 2 nitrogen and oxygen atoms in total. The zero-order valence-corrected chi connectivity index (χ0v) is 12.0. The molecule has 1 aromatic heterocycles. The number of alkyl halides is 1. The van der Waals surface area contributed by atoms with Gasteiger partial charge >= 0.3 is 0 Å². The summed E-state index contributed by atoms with van der Waals surface area (Å²) in [5, 5.41) is 0.109. The lowest BCUT2D eigenvalue weighted by molar-refractivity contribution is 0.282. The normalized spacial score (nSPS) is 15.9. The molecule has 0 N–H and O–H groups in total. The number of hydrogen-bond acceptors (Lipinski definition) is 1. The number of aromatic nitrogens is 2. The Morgan fingerprint density at radius 1 is 1.37 bits per heavy atom.